The van der Waals surface area contributed by atoms with Crippen LogP contribution in [-0.2, 0) is 19.1 Å². The van der Waals surface area contributed by atoms with Crippen LogP contribution in [0.15, 0.2) is 55.6 Å². The third-order valence-corrected chi connectivity index (χ3v) is 4.48. The van der Waals surface area contributed by atoms with Crippen molar-refractivity contribution in [1.29, 1.82) is 0 Å². The Bertz CT molecular complexity index is 839. The van der Waals surface area contributed by atoms with Crippen LogP contribution in [0.4, 0.5) is 13.2 Å². The molecule has 1 aliphatic carbocycles. The Morgan fingerprint density at radius 2 is 2.07 bits per heavy atom. The Hall–Kier alpha value is -2.83. The van der Waals surface area contributed by atoms with Gasteiger partial charge in [-0.25, -0.2) is 0 Å². The van der Waals surface area contributed by atoms with Crippen LogP contribution in [0.5, 0.6) is 0 Å². The van der Waals surface area contributed by atoms with Gasteiger partial charge in [0.05, 0.1) is 23.2 Å². The number of aromatic nitrogens is 2. The Balaban J connectivity index is 1.50. The maximum absolute atomic E-state index is 12.8. The molecule has 1 N–H and O–H groups in total. The minimum absolute atomic E-state index is 0.351. The zero-order chi connectivity index (χ0) is 20.1. The van der Waals surface area contributed by atoms with E-state index in [1.807, 2.05) is 0 Å². The molecule has 1 fully saturated rings. The van der Waals surface area contributed by atoms with Gasteiger partial charge in [0.15, 0.2) is 0 Å². The topological polar surface area (TPSA) is 41.0 Å². The second-order valence-corrected chi connectivity index (χ2v) is 7.09. The van der Waals surface area contributed by atoms with Gasteiger partial charge in [-0.1, -0.05) is 18.7 Å². The first-order valence-electron chi connectivity index (χ1n) is 9.11. The molecule has 0 aliphatic heterocycles. The van der Waals surface area contributed by atoms with E-state index in [0.717, 1.165) is 30.2 Å². The fourth-order valence-electron chi connectivity index (χ4n) is 2.76. The van der Waals surface area contributed by atoms with Crippen LogP contribution in [0.1, 0.15) is 35.4 Å². The molecule has 0 atom stereocenters. The average Bonchev–Trinajstić information content (AvgIpc) is 3.46. The monoisotopic (exact) mass is 388 g/mol. The first kappa shape index (κ1) is 19.9. The molecular formula is C21H23F3N4. The summed E-state index contributed by atoms with van der Waals surface area (Å²) in [4.78, 5) is 10.6. The van der Waals surface area contributed by atoms with Crippen LogP contribution >= 0.6 is 0 Å². The zero-order valence-electron chi connectivity index (χ0n) is 15.7. The lowest BCUT2D eigenvalue weighted by molar-refractivity contribution is -0.137. The molecule has 1 aliphatic rings. The molecule has 0 amide bonds. The average molecular weight is 388 g/mol. The fourth-order valence-corrected chi connectivity index (χ4v) is 2.76. The molecule has 4 nitrogen and oxygen atoms in total. The standard InChI is InChI=1S/C21H23F3N4/c1-15(20-13-26-19(12-27-20)11-16-6-7-16)25-8-9-28(2)14-17-4-3-5-18(10-17)21(22,23)24/h3-5,8-10,12-13,16,25H,1,6-7,11,14H2,2H3/b9-8+. The lowest BCUT2D eigenvalue weighted by atomic mass is 10.1. The zero-order valence-corrected chi connectivity index (χ0v) is 15.7. The van der Waals surface area contributed by atoms with Gasteiger partial charge in [0.1, 0.15) is 5.69 Å². The maximum Gasteiger partial charge on any atom is 0.416 e. The minimum atomic E-state index is -4.33. The molecule has 7 heteroatoms. The van der Waals surface area contributed by atoms with Crippen molar-refractivity contribution in [3.63, 3.8) is 0 Å². The summed E-state index contributed by atoms with van der Waals surface area (Å²) in [5.41, 5.74) is 2.20. The van der Waals surface area contributed by atoms with Crippen LogP contribution in [0, 0.1) is 5.92 Å². The van der Waals surface area contributed by atoms with Crippen molar-refractivity contribution >= 4 is 5.70 Å². The van der Waals surface area contributed by atoms with Gasteiger partial charge in [0, 0.05) is 32.2 Å². The van der Waals surface area contributed by atoms with E-state index in [0.29, 0.717) is 23.5 Å². The highest BCUT2D eigenvalue weighted by molar-refractivity contribution is 5.58. The normalized spacial score (nSPS) is 14.3. The lowest BCUT2D eigenvalue weighted by Crippen LogP contribution is -2.13. The summed E-state index contributed by atoms with van der Waals surface area (Å²) in [6.07, 6.45) is 6.09. The molecule has 0 radical (unpaired) electrons. The van der Waals surface area contributed by atoms with Crippen LogP contribution in [0.3, 0.4) is 0 Å². The molecule has 1 saturated carbocycles. The largest absolute Gasteiger partial charge is 0.416 e. The number of rotatable bonds is 8. The summed E-state index contributed by atoms with van der Waals surface area (Å²) in [7, 11) is 1.79. The van der Waals surface area contributed by atoms with Gasteiger partial charge in [-0.05, 0) is 42.9 Å². The molecule has 148 valence electrons. The van der Waals surface area contributed by atoms with Crippen LogP contribution in [0.25, 0.3) is 5.70 Å². The molecule has 1 heterocycles. The number of alkyl halides is 3. The van der Waals surface area contributed by atoms with E-state index in [-0.39, 0.29) is 0 Å². The highest BCUT2D eigenvalue weighted by Gasteiger charge is 2.30. The molecule has 0 saturated heterocycles. The highest BCUT2D eigenvalue weighted by Crippen LogP contribution is 2.32. The molecule has 1 aromatic carbocycles. The van der Waals surface area contributed by atoms with E-state index in [2.05, 4.69) is 21.9 Å². The van der Waals surface area contributed by atoms with Crippen molar-refractivity contribution in [2.45, 2.75) is 32.0 Å². The van der Waals surface area contributed by atoms with E-state index in [1.165, 1.54) is 18.9 Å². The first-order chi connectivity index (χ1) is 13.3. The minimum Gasteiger partial charge on any atom is -0.375 e. The van der Waals surface area contributed by atoms with Crippen molar-refractivity contribution in [1.82, 2.24) is 20.2 Å². The highest BCUT2D eigenvalue weighted by atomic mass is 19.4. The van der Waals surface area contributed by atoms with E-state index in [4.69, 9.17) is 0 Å². The van der Waals surface area contributed by atoms with Crippen LogP contribution in [0.2, 0.25) is 0 Å². The smallest absolute Gasteiger partial charge is 0.375 e. The Morgan fingerprint density at radius 1 is 1.29 bits per heavy atom. The number of nitrogens with one attached hydrogen (secondary N) is 1. The third-order valence-electron chi connectivity index (χ3n) is 4.48. The summed E-state index contributed by atoms with van der Waals surface area (Å²) in [5, 5.41) is 3.02. The van der Waals surface area contributed by atoms with E-state index < -0.39 is 11.7 Å². The summed E-state index contributed by atoms with van der Waals surface area (Å²) in [5.74, 6) is 0.761. The van der Waals surface area contributed by atoms with Gasteiger partial charge in [0.25, 0.3) is 0 Å². The summed E-state index contributed by atoms with van der Waals surface area (Å²) >= 11 is 0. The predicted octanol–water partition coefficient (Wildman–Crippen LogP) is 4.61. The quantitative estimate of drug-likeness (QED) is 0.717. The summed E-state index contributed by atoms with van der Waals surface area (Å²) < 4.78 is 38.4. The lowest BCUT2D eigenvalue weighted by Gasteiger charge is -2.16. The molecule has 1 aromatic heterocycles. The number of benzene rings is 1. The van der Waals surface area contributed by atoms with Gasteiger partial charge < -0.3 is 10.2 Å². The predicted molar refractivity (Wildman–Crippen MR) is 103 cm³/mol. The summed E-state index contributed by atoms with van der Waals surface area (Å²) in [6, 6.07) is 5.32. The van der Waals surface area contributed by atoms with Crippen molar-refractivity contribution in [2.24, 2.45) is 5.92 Å². The number of nitrogens with zero attached hydrogens (tertiary/aromatic N) is 3. The number of hydrogen-bond acceptors (Lipinski definition) is 4. The first-order valence-corrected chi connectivity index (χ1v) is 9.11. The number of halogens is 3. The third kappa shape index (κ3) is 5.84. The van der Waals surface area contributed by atoms with Crippen LogP contribution < -0.4 is 5.32 Å². The molecular weight excluding hydrogens is 365 g/mol. The SMILES string of the molecule is C=C(N/C=C/N(C)Cc1cccc(C(F)(F)F)c1)c1cnc(CC2CC2)cn1. The Morgan fingerprint density at radius 3 is 2.71 bits per heavy atom. The second-order valence-electron chi connectivity index (χ2n) is 7.09. The van der Waals surface area contributed by atoms with E-state index in [1.54, 1.807) is 42.8 Å². The second kappa shape index (κ2) is 8.46. The van der Waals surface area contributed by atoms with Gasteiger partial charge in [-0.15, -0.1) is 0 Å². The van der Waals surface area contributed by atoms with E-state index >= 15 is 0 Å². The van der Waals surface area contributed by atoms with Gasteiger partial charge >= 0.3 is 6.18 Å². The fraction of sp³-hybridized carbons (Fsp3) is 0.333. The van der Waals surface area contributed by atoms with Gasteiger partial charge in [-0.3, -0.25) is 9.97 Å². The molecule has 28 heavy (non-hydrogen) atoms. The van der Waals surface area contributed by atoms with Gasteiger partial charge in [0.2, 0.25) is 0 Å². The molecule has 3 rings (SSSR count). The van der Waals surface area contributed by atoms with E-state index in [9.17, 15) is 13.2 Å². The molecule has 0 unspecified atom stereocenters. The van der Waals surface area contributed by atoms with Crippen molar-refractivity contribution < 1.29 is 13.2 Å². The van der Waals surface area contributed by atoms with Crippen molar-refractivity contribution in [3.8, 4) is 0 Å². The van der Waals surface area contributed by atoms with Crippen molar-refractivity contribution in [2.75, 3.05) is 7.05 Å². The molecule has 2 aromatic rings. The Labute approximate surface area is 162 Å². The van der Waals surface area contributed by atoms with Gasteiger partial charge in [-0.2, -0.15) is 13.2 Å². The number of hydrogen-bond donors (Lipinski definition) is 1. The summed E-state index contributed by atoms with van der Waals surface area (Å²) in [6.45, 7) is 4.29. The van der Waals surface area contributed by atoms with Crippen LogP contribution in [-0.4, -0.2) is 21.9 Å². The molecule has 0 bridgehead atoms. The Kier molecular flexibility index (Phi) is 6.02. The molecule has 0 spiro atoms. The van der Waals surface area contributed by atoms with Crippen molar-refractivity contribution in [3.05, 3.63) is 78.2 Å². The maximum atomic E-state index is 12.8.